The second-order valence-electron chi connectivity index (χ2n) is 4.31. The molecule has 1 heterocycles. The van der Waals surface area contributed by atoms with Crippen molar-refractivity contribution < 1.29 is 4.79 Å². The van der Waals surface area contributed by atoms with E-state index in [1.807, 2.05) is 13.8 Å². The highest BCUT2D eigenvalue weighted by atomic mass is 16.1. The van der Waals surface area contributed by atoms with E-state index in [1.165, 1.54) is 0 Å². The average Bonchev–Trinajstić information content (AvgIpc) is 2.48. The van der Waals surface area contributed by atoms with Crippen molar-refractivity contribution in [3.8, 4) is 0 Å². The zero-order chi connectivity index (χ0) is 10.9. The molecule has 0 atom stereocenters. The van der Waals surface area contributed by atoms with Crippen molar-refractivity contribution in [3.05, 3.63) is 18.0 Å². The van der Waals surface area contributed by atoms with Gasteiger partial charge in [0, 0.05) is 12.2 Å². The van der Waals surface area contributed by atoms with E-state index in [0.717, 1.165) is 0 Å². The molecule has 1 rings (SSSR count). The lowest BCUT2D eigenvalue weighted by atomic mass is 9.98. The number of aromatic nitrogens is 2. The fourth-order valence-electron chi connectivity index (χ4n) is 1.24. The smallest absolute Gasteiger partial charge is 0.200 e. The Morgan fingerprint density at radius 2 is 2.14 bits per heavy atom. The minimum atomic E-state index is -0.841. The van der Waals surface area contributed by atoms with Crippen LogP contribution in [0.25, 0.3) is 0 Å². The van der Waals surface area contributed by atoms with Crippen LogP contribution in [0.2, 0.25) is 0 Å². The standard InChI is InChI=1S/C10H17N3O/c1-7(2)13-8(5-6-12-13)9(14)10(3,4)11/h5-7H,11H2,1-4H3. The third-order valence-corrected chi connectivity index (χ3v) is 1.98. The van der Waals surface area contributed by atoms with Gasteiger partial charge in [0.2, 0.25) is 0 Å². The van der Waals surface area contributed by atoms with Crippen molar-refractivity contribution >= 4 is 5.78 Å². The number of rotatable bonds is 3. The van der Waals surface area contributed by atoms with Gasteiger partial charge in [0.25, 0.3) is 0 Å². The van der Waals surface area contributed by atoms with Gasteiger partial charge in [-0.1, -0.05) is 0 Å². The van der Waals surface area contributed by atoms with Crippen molar-refractivity contribution in [2.45, 2.75) is 39.3 Å². The molecular formula is C10H17N3O. The monoisotopic (exact) mass is 195 g/mol. The number of ketones is 1. The van der Waals surface area contributed by atoms with Gasteiger partial charge in [0.05, 0.1) is 5.54 Å². The molecule has 0 aromatic carbocycles. The Labute approximate surface area is 84.1 Å². The maximum absolute atomic E-state index is 11.9. The van der Waals surface area contributed by atoms with Gasteiger partial charge in [-0.25, -0.2) is 0 Å². The summed E-state index contributed by atoms with van der Waals surface area (Å²) in [6, 6.07) is 1.88. The molecule has 78 valence electrons. The number of nitrogens with two attached hydrogens (primary N) is 1. The molecule has 0 unspecified atom stereocenters. The lowest BCUT2D eigenvalue weighted by Gasteiger charge is -2.18. The first-order valence-electron chi connectivity index (χ1n) is 4.71. The van der Waals surface area contributed by atoms with Crippen LogP contribution in [0.3, 0.4) is 0 Å². The molecule has 1 aromatic rings. The van der Waals surface area contributed by atoms with Crippen LogP contribution < -0.4 is 5.73 Å². The lowest BCUT2D eigenvalue weighted by molar-refractivity contribution is 0.0900. The van der Waals surface area contributed by atoms with Crippen LogP contribution in [0.1, 0.15) is 44.2 Å². The van der Waals surface area contributed by atoms with Crippen LogP contribution >= 0.6 is 0 Å². The highest BCUT2D eigenvalue weighted by Crippen LogP contribution is 2.13. The van der Waals surface area contributed by atoms with E-state index in [1.54, 1.807) is 30.8 Å². The zero-order valence-electron chi connectivity index (χ0n) is 9.11. The summed E-state index contributed by atoms with van der Waals surface area (Å²) in [5, 5.41) is 4.09. The third kappa shape index (κ3) is 2.01. The van der Waals surface area contributed by atoms with Crippen LogP contribution in [-0.2, 0) is 0 Å². The molecule has 0 saturated heterocycles. The number of nitrogens with zero attached hydrogens (tertiary/aromatic N) is 2. The first-order chi connectivity index (χ1) is 6.34. The first kappa shape index (κ1) is 10.9. The van der Waals surface area contributed by atoms with Crippen molar-refractivity contribution in [1.82, 2.24) is 9.78 Å². The van der Waals surface area contributed by atoms with Crippen LogP contribution in [0, 0.1) is 0 Å². The Hall–Kier alpha value is -1.16. The molecule has 0 aliphatic rings. The van der Waals surface area contributed by atoms with Crippen LogP contribution in [0.4, 0.5) is 0 Å². The number of Topliss-reactive ketones (excluding diaryl/α,β-unsaturated/α-hetero) is 1. The summed E-state index contributed by atoms with van der Waals surface area (Å²) in [4.78, 5) is 11.9. The number of carbonyl (C=O) groups excluding carboxylic acids is 1. The first-order valence-corrected chi connectivity index (χ1v) is 4.71. The molecule has 2 N–H and O–H groups in total. The van der Waals surface area contributed by atoms with Gasteiger partial charge in [0.1, 0.15) is 5.69 Å². The highest BCUT2D eigenvalue weighted by Gasteiger charge is 2.26. The largest absolute Gasteiger partial charge is 0.319 e. The summed E-state index contributed by atoms with van der Waals surface area (Å²) in [7, 11) is 0. The molecule has 0 spiro atoms. The Morgan fingerprint density at radius 1 is 1.57 bits per heavy atom. The molecule has 0 saturated carbocycles. The molecule has 0 radical (unpaired) electrons. The SMILES string of the molecule is CC(C)n1nccc1C(=O)C(C)(C)N. The topological polar surface area (TPSA) is 60.9 Å². The molecule has 0 fully saturated rings. The number of hydrogen-bond acceptors (Lipinski definition) is 3. The van der Waals surface area contributed by atoms with Gasteiger partial charge in [-0.2, -0.15) is 5.10 Å². The Balaban J connectivity index is 3.08. The van der Waals surface area contributed by atoms with Gasteiger partial charge in [0.15, 0.2) is 5.78 Å². The van der Waals surface area contributed by atoms with E-state index in [9.17, 15) is 4.79 Å². The second-order valence-corrected chi connectivity index (χ2v) is 4.31. The van der Waals surface area contributed by atoms with E-state index >= 15 is 0 Å². The fourth-order valence-corrected chi connectivity index (χ4v) is 1.24. The molecular weight excluding hydrogens is 178 g/mol. The molecule has 14 heavy (non-hydrogen) atoms. The van der Waals surface area contributed by atoms with Gasteiger partial charge < -0.3 is 5.73 Å². The maximum Gasteiger partial charge on any atom is 0.200 e. The van der Waals surface area contributed by atoms with Crippen molar-refractivity contribution in [1.29, 1.82) is 0 Å². The summed E-state index contributed by atoms with van der Waals surface area (Å²) in [6.07, 6.45) is 1.62. The van der Waals surface area contributed by atoms with Gasteiger partial charge >= 0.3 is 0 Å². The Morgan fingerprint density at radius 3 is 2.57 bits per heavy atom. The minimum Gasteiger partial charge on any atom is -0.319 e. The van der Waals surface area contributed by atoms with Crippen molar-refractivity contribution in [3.63, 3.8) is 0 Å². The summed E-state index contributed by atoms with van der Waals surface area (Å²) in [5.74, 6) is -0.0799. The Kier molecular flexibility index (Phi) is 2.76. The second kappa shape index (κ2) is 3.53. The summed E-state index contributed by atoms with van der Waals surface area (Å²) in [6.45, 7) is 7.36. The molecule has 0 aliphatic carbocycles. The van der Waals surface area contributed by atoms with Gasteiger partial charge in [-0.15, -0.1) is 0 Å². The normalized spacial score (nSPS) is 12.1. The van der Waals surface area contributed by atoms with Gasteiger partial charge in [-0.05, 0) is 33.8 Å². The van der Waals surface area contributed by atoms with E-state index in [0.29, 0.717) is 5.69 Å². The summed E-state index contributed by atoms with van der Waals surface area (Å²) in [5.41, 5.74) is 5.48. The third-order valence-electron chi connectivity index (χ3n) is 1.98. The van der Waals surface area contributed by atoms with Crippen LogP contribution in [0.5, 0.6) is 0 Å². The summed E-state index contributed by atoms with van der Waals surface area (Å²) >= 11 is 0. The fraction of sp³-hybridized carbons (Fsp3) is 0.600. The molecule has 4 heteroatoms. The van der Waals surface area contributed by atoms with E-state index in [2.05, 4.69) is 5.10 Å². The Bertz CT molecular complexity index is 333. The predicted molar refractivity (Wildman–Crippen MR) is 55.2 cm³/mol. The van der Waals surface area contributed by atoms with E-state index < -0.39 is 5.54 Å². The predicted octanol–water partition coefficient (Wildman–Crippen LogP) is 1.38. The maximum atomic E-state index is 11.9. The van der Waals surface area contributed by atoms with E-state index in [-0.39, 0.29) is 11.8 Å². The zero-order valence-corrected chi connectivity index (χ0v) is 9.11. The molecule has 4 nitrogen and oxygen atoms in total. The van der Waals surface area contributed by atoms with Crippen LogP contribution in [-0.4, -0.2) is 21.1 Å². The average molecular weight is 195 g/mol. The highest BCUT2D eigenvalue weighted by molar-refractivity contribution is 6.01. The van der Waals surface area contributed by atoms with Gasteiger partial charge in [-0.3, -0.25) is 9.48 Å². The molecule has 0 amide bonds. The molecule has 0 aliphatic heterocycles. The molecule has 1 aromatic heterocycles. The quantitative estimate of drug-likeness (QED) is 0.741. The van der Waals surface area contributed by atoms with Crippen LogP contribution in [0.15, 0.2) is 12.3 Å². The minimum absolute atomic E-state index is 0.0799. The lowest BCUT2D eigenvalue weighted by Crippen LogP contribution is -2.42. The number of hydrogen-bond donors (Lipinski definition) is 1. The van der Waals surface area contributed by atoms with Crippen molar-refractivity contribution in [2.24, 2.45) is 5.73 Å². The van der Waals surface area contributed by atoms with Crippen molar-refractivity contribution in [2.75, 3.05) is 0 Å². The number of carbonyl (C=O) groups is 1. The summed E-state index contributed by atoms with van der Waals surface area (Å²) < 4.78 is 1.69. The molecule has 0 bridgehead atoms. The van der Waals surface area contributed by atoms with E-state index in [4.69, 9.17) is 5.73 Å².